The molecule has 2 N–H and O–H groups in total. The van der Waals surface area contributed by atoms with E-state index in [1.807, 2.05) is 18.2 Å². The maximum Gasteiger partial charge on any atom is 0.321 e. The van der Waals surface area contributed by atoms with Crippen molar-refractivity contribution in [1.29, 1.82) is 0 Å². The van der Waals surface area contributed by atoms with Gasteiger partial charge in [0, 0.05) is 29.1 Å². The van der Waals surface area contributed by atoms with Gasteiger partial charge < -0.3 is 15.3 Å². The Balaban J connectivity index is 1.76. The lowest BCUT2D eigenvalue weighted by Gasteiger charge is -2.36. The Morgan fingerprint density at radius 2 is 2.14 bits per heavy atom. The summed E-state index contributed by atoms with van der Waals surface area (Å²) < 4.78 is 0.866. The molecule has 1 aliphatic heterocycles. The molecule has 1 aromatic carbocycles. The first-order chi connectivity index (χ1) is 10.0. The van der Waals surface area contributed by atoms with E-state index in [0.29, 0.717) is 11.2 Å². The molecule has 6 nitrogen and oxygen atoms in total. The second-order valence-electron chi connectivity index (χ2n) is 4.90. The van der Waals surface area contributed by atoms with E-state index in [2.05, 4.69) is 26.2 Å². The molecule has 0 bridgehead atoms. The lowest BCUT2D eigenvalue weighted by atomic mass is 10.0. The third-order valence-electron chi connectivity index (χ3n) is 3.44. The molecule has 0 atom stereocenters. The Morgan fingerprint density at radius 3 is 2.86 bits per heavy atom. The van der Waals surface area contributed by atoms with E-state index in [1.54, 1.807) is 12.3 Å². The van der Waals surface area contributed by atoms with Gasteiger partial charge in [-0.3, -0.25) is 9.78 Å². The van der Waals surface area contributed by atoms with Gasteiger partial charge in [0.15, 0.2) is 0 Å². The lowest BCUT2D eigenvalue weighted by Crippen LogP contribution is -2.54. The number of carboxylic acid groups (broad SMARTS) is 1. The standard InChI is InChI=1S/C14H12BrN3O3/c15-10-4-8-2-1-3-11(12(8)16-5-10)17-14(21)18-6-9(7-18)13(19)20/h1-5,9H,6-7H2,(H,17,21)(H,19,20). The van der Waals surface area contributed by atoms with Crippen molar-refractivity contribution in [2.24, 2.45) is 5.92 Å². The van der Waals surface area contributed by atoms with Crippen LogP contribution in [-0.2, 0) is 4.79 Å². The van der Waals surface area contributed by atoms with Gasteiger partial charge >= 0.3 is 12.0 Å². The fourth-order valence-electron chi connectivity index (χ4n) is 2.23. The van der Waals surface area contributed by atoms with Crippen LogP contribution in [0.15, 0.2) is 34.9 Å². The van der Waals surface area contributed by atoms with Crippen molar-refractivity contribution in [3.63, 3.8) is 0 Å². The summed E-state index contributed by atoms with van der Waals surface area (Å²) in [6.07, 6.45) is 1.67. The minimum Gasteiger partial charge on any atom is -0.481 e. The molecule has 1 aromatic heterocycles. The van der Waals surface area contributed by atoms with Crippen LogP contribution in [-0.4, -0.2) is 40.1 Å². The molecule has 0 aliphatic carbocycles. The van der Waals surface area contributed by atoms with Gasteiger partial charge in [0.05, 0.1) is 17.1 Å². The summed E-state index contributed by atoms with van der Waals surface area (Å²) >= 11 is 3.36. The fourth-order valence-corrected chi connectivity index (χ4v) is 2.58. The smallest absolute Gasteiger partial charge is 0.321 e. The first-order valence-electron chi connectivity index (χ1n) is 6.37. The van der Waals surface area contributed by atoms with Gasteiger partial charge in [0.1, 0.15) is 0 Å². The summed E-state index contributed by atoms with van der Waals surface area (Å²) in [4.78, 5) is 28.6. The molecule has 0 saturated carbocycles. The van der Waals surface area contributed by atoms with E-state index in [9.17, 15) is 9.59 Å². The van der Waals surface area contributed by atoms with Crippen LogP contribution >= 0.6 is 15.9 Å². The maximum absolute atomic E-state index is 12.1. The summed E-state index contributed by atoms with van der Waals surface area (Å²) in [5, 5.41) is 12.5. The highest BCUT2D eigenvalue weighted by Crippen LogP contribution is 2.25. The van der Waals surface area contributed by atoms with Crippen LogP contribution in [0.2, 0.25) is 0 Å². The summed E-state index contributed by atoms with van der Waals surface area (Å²) in [6, 6.07) is 7.14. The minimum atomic E-state index is -0.865. The molecule has 7 heteroatoms. The van der Waals surface area contributed by atoms with E-state index < -0.39 is 11.9 Å². The van der Waals surface area contributed by atoms with Gasteiger partial charge in [-0.15, -0.1) is 0 Å². The zero-order chi connectivity index (χ0) is 15.0. The number of anilines is 1. The molecule has 1 fully saturated rings. The molecule has 21 heavy (non-hydrogen) atoms. The van der Waals surface area contributed by atoms with E-state index in [4.69, 9.17) is 5.11 Å². The molecule has 1 aliphatic rings. The highest BCUT2D eigenvalue weighted by molar-refractivity contribution is 9.10. The van der Waals surface area contributed by atoms with Crippen molar-refractivity contribution in [3.05, 3.63) is 34.9 Å². The summed E-state index contributed by atoms with van der Waals surface area (Å²) in [7, 11) is 0. The number of aliphatic carboxylic acids is 1. The molecule has 1 saturated heterocycles. The Labute approximate surface area is 128 Å². The van der Waals surface area contributed by atoms with Crippen molar-refractivity contribution >= 4 is 44.5 Å². The van der Waals surface area contributed by atoms with Gasteiger partial charge in [0.2, 0.25) is 0 Å². The zero-order valence-corrected chi connectivity index (χ0v) is 12.5. The summed E-state index contributed by atoms with van der Waals surface area (Å²) in [5.41, 5.74) is 1.31. The molecular formula is C14H12BrN3O3. The van der Waals surface area contributed by atoms with Crippen molar-refractivity contribution in [1.82, 2.24) is 9.88 Å². The van der Waals surface area contributed by atoms with Crippen LogP contribution in [0.3, 0.4) is 0 Å². The third kappa shape index (κ3) is 2.69. The molecule has 2 aromatic rings. The van der Waals surface area contributed by atoms with Crippen molar-refractivity contribution in [2.75, 3.05) is 18.4 Å². The number of benzene rings is 1. The number of para-hydroxylation sites is 1. The number of fused-ring (bicyclic) bond motifs is 1. The number of halogens is 1. The predicted octanol–water partition coefficient (Wildman–Crippen LogP) is 2.55. The highest BCUT2D eigenvalue weighted by Gasteiger charge is 2.35. The Kier molecular flexibility index (Phi) is 3.50. The van der Waals surface area contributed by atoms with Crippen molar-refractivity contribution < 1.29 is 14.7 Å². The number of hydrogen-bond donors (Lipinski definition) is 2. The topological polar surface area (TPSA) is 82.5 Å². The van der Waals surface area contributed by atoms with Crippen LogP contribution in [0.4, 0.5) is 10.5 Å². The van der Waals surface area contributed by atoms with Crippen molar-refractivity contribution in [2.45, 2.75) is 0 Å². The average Bonchev–Trinajstić information content (AvgIpc) is 2.36. The Morgan fingerprint density at radius 1 is 1.38 bits per heavy atom. The van der Waals surface area contributed by atoms with Gasteiger partial charge in [0.25, 0.3) is 0 Å². The van der Waals surface area contributed by atoms with Gasteiger partial charge in [-0.2, -0.15) is 0 Å². The molecule has 0 unspecified atom stereocenters. The van der Waals surface area contributed by atoms with Crippen LogP contribution in [0.5, 0.6) is 0 Å². The van der Waals surface area contributed by atoms with Gasteiger partial charge in [-0.1, -0.05) is 12.1 Å². The maximum atomic E-state index is 12.1. The molecule has 0 radical (unpaired) electrons. The number of rotatable bonds is 2. The molecule has 2 heterocycles. The molecule has 0 spiro atoms. The molecule has 108 valence electrons. The second kappa shape index (κ2) is 5.33. The monoisotopic (exact) mass is 349 g/mol. The number of nitrogens with one attached hydrogen (secondary N) is 1. The quantitative estimate of drug-likeness (QED) is 0.872. The van der Waals surface area contributed by atoms with Crippen LogP contribution in [0.25, 0.3) is 10.9 Å². The van der Waals surface area contributed by atoms with Crippen LogP contribution in [0, 0.1) is 5.92 Å². The minimum absolute atomic E-state index is 0.241. The number of hydrogen-bond acceptors (Lipinski definition) is 3. The van der Waals surface area contributed by atoms with Crippen LogP contribution < -0.4 is 5.32 Å². The van der Waals surface area contributed by atoms with E-state index in [0.717, 1.165) is 9.86 Å². The molecule has 2 amide bonds. The average molecular weight is 350 g/mol. The number of amides is 2. The number of nitrogens with zero attached hydrogens (tertiary/aromatic N) is 2. The second-order valence-corrected chi connectivity index (χ2v) is 5.82. The Hall–Kier alpha value is -2.15. The van der Waals surface area contributed by atoms with E-state index >= 15 is 0 Å². The number of carbonyl (C=O) groups is 2. The number of carboxylic acids is 1. The summed E-state index contributed by atoms with van der Waals surface area (Å²) in [5.74, 6) is -1.33. The van der Waals surface area contributed by atoms with E-state index in [1.165, 1.54) is 4.90 Å². The lowest BCUT2D eigenvalue weighted by molar-refractivity contribution is -0.145. The van der Waals surface area contributed by atoms with Crippen molar-refractivity contribution in [3.8, 4) is 0 Å². The first-order valence-corrected chi connectivity index (χ1v) is 7.17. The number of aromatic nitrogens is 1. The zero-order valence-electron chi connectivity index (χ0n) is 10.9. The number of pyridine rings is 1. The van der Waals surface area contributed by atoms with Crippen LogP contribution in [0.1, 0.15) is 0 Å². The normalized spacial score (nSPS) is 14.8. The number of urea groups is 1. The number of carbonyl (C=O) groups excluding carboxylic acids is 1. The molecular weight excluding hydrogens is 338 g/mol. The largest absolute Gasteiger partial charge is 0.481 e. The first kappa shape index (κ1) is 13.8. The summed E-state index contributed by atoms with van der Waals surface area (Å²) in [6.45, 7) is 0.482. The molecule has 3 rings (SSSR count). The SMILES string of the molecule is O=C(O)C1CN(C(=O)Nc2cccc3cc(Br)cnc23)C1. The van der Waals surface area contributed by atoms with Gasteiger partial charge in [-0.25, -0.2) is 4.79 Å². The predicted molar refractivity (Wildman–Crippen MR) is 81.2 cm³/mol. The Bertz CT molecular complexity index is 728. The fraction of sp³-hybridized carbons (Fsp3) is 0.214. The van der Waals surface area contributed by atoms with E-state index in [-0.39, 0.29) is 19.1 Å². The highest BCUT2D eigenvalue weighted by atomic mass is 79.9. The number of likely N-dealkylation sites (tertiary alicyclic amines) is 1. The van der Waals surface area contributed by atoms with Gasteiger partial charge in [-0.05, 0) is 28.1 Å². The third-order valence-corrected chi connectivity index (χ3v) is 3.87.